The van der Waals surface area contributed by atoms with Crippen LogP contribution in [0.15, 0.2) is 24.3 Å². The number of anilines is 1. The second kappa shape index (κ2) is 5.53. The van der Waals surface area contributed by atoms with E-state index in [0.29, 0.717) is 6.04 Å². The molecule has 1 unspecified atom stereocenters. The molecule has 0 bridgehead atoms. The van der Waals surface area contributed by atoms with Crippen LogP contribution in [0.25, 0.3) is 0 Å². The van der Waals surface area contributed by atoms with Gasteiger partial charge < -0.3 is 15.3 Å². The summed E-state index contributed by atoms with van der Waals surface area (Å²) < 4.78 is 0. The summed E-state index contributed by atoms with van der Waals surface area (Å²) in [6.45, 7) is 3.16. The van der Waals surface area contributed by atoms with Crippen LogP contribution in [0.2, 0.25) is 5.02 Å². The quantitative estimate of drug-likeness (QED) is 0.841. The zero-order valence-electron chi connectivity index (χ0n) is 9.19. The van der Waals surface area contributed by atoms with E-state index in [0.717, 1.165) is 31.1 Å². The Morgan fingerprint density at radius 2 is 2.12 bits per heavy atom. The predicted molar refractivity (Wildman–Crippen MR) is 67.2 cm³/mol. The van der Waals surface area contributed by atoms with Crippen molar-refractivity contribution < 1.29 is 5.11 Å². The van der Waals surface area contributed by atoms with Gasteiger partial charge in [-0.05, 0) is 30.7 Å². The molecule has 1 saturated heterocycles. The van der Waals surface area contributed by atoms with Gasteiger partial charge in [-0.25, -0.2) is 0 Å². The number of hydrogen-bond acceptors (Lipinski definition) is 3. The first-order valence-electron chi connectivity index (χ1n) is 5.64. The number of aliphatic hydroxyl groups is 1. The number of halogens is 1. The summed E-state index contributed by atoms with van der Waals surface area (Å²) >= 11 is 5.87. The van der Waals surface area contributed by atoms with Crippen molar-refractivity contribution in [2.45, 2.75) is 12.5 Å². The van der Waals surface area contributed by atoms with E-state index in [4.69, 9.17) is 16.7 Å². The van der Waals surface area contributed by atoms with Crippen LogP contribution >= 0.6 is 11.6 Å². The van der Waals surface area contributed by atoms with Crippen molar-refractivity contribution in [2.24, 2.45) is 0 Å². The van der Waals surface area contributed by atoms with Crippen molar-refractivity contribution >= 4 is 17.3 Å². The molecule has 0 amide bonds. The molecule has 88 valence electrons. The minimum absolute atomic E-state index is 0.242. The number of piperazine rings is 1. The Hall–Kier alpha value is -0.770. The first-order chi connectivity index (χ1) is 7.79. The van der Waals surface area contributed by atoms with E-state index in [9.17, 15) is 0 Å². The summed E-state index contributed by atoms with van der Waals surface area (Å²) in [5.41, 5.74) is 1.20. The maximum absolute atomic E-state index is 8.94. The Bertz CT molecular complexity index is 326. The molecular weight excluding hydrogens is 224 g/mol. The van der Waals surface area contributed by atoms with Crippen molar-refractivity contribution in [1.29, 1.82) is 0 Å². The van der Waals surface area contributed by atoms with Crippen LogP contribution in [0.1, 0.15) is 6.42 Å². The Morgan fingerprint density at radius 3 is 2.81 bits per heavy atom. The van der Waals surface area contributed by atoms with E-state index >= 15 is 0 Å². The molecule has 3 nitrogen and oxygen atoms in total. The molecule has 0 radical (unpaired) electrons. The third-order valence-electron chi connectivity index (χ3n) is 2.92. The van der Waals surface area contributed by atoms with E-state index < -0.39 is 0 Å². The largest absolute Gasteiger partial charge is 0.396 e. The molecule has 1 fully saturated rings. The molecule has 1 aliphatic heterocycles. The van der Waals surface area contributed by atoms with Crippen molar-refractivity contribution in [3.8, 4) is 0 Å². The lowest BCUT2D eigenvalue weighted by molar-refractivity contribution is 0.260. The van der Waals surface area contributed by atoms with Crippen molar-refractivity contribution in [3.63, 3.8) is 0 Å². The predicted octanol–water partition coefficient (Wildman–Crippen LogP) is 1.50. The van der Waals surface area contributed by atoms with E-state index in [1.807, 2.05) is 24.3 Å². The summed E-state index contributed by atoms with van der Waals surface area (Å²) in [6, 6.07) is 8.31. The van der Waals surface area contributed by atoms with E-state index in [1.54, 1.807) is 0 Å². The molecule has 1 atom stereocenters. The van der Waals surface area contributed by atoms with Gasteiger partial charge in [0.25, 0.3) is 0 Å². The smallest absolute Gasteiger partial charge is 0.0446 e. The second-order valence-corrected chi connectivity index (χ2v) is 4.52. The van der Waals surface area contributed by atoms with Gasteiger partial charge in [-0.2, -0.15) is 0 Å². The van der Waals surface area contributed by atoms with Crippen molar-refractivity contribution in [3.05, 3.63) is 29.3 Å². The molecular formula is C12H17ClN2O. The van der Waals surface area contributed by atoms with Gasteiger partial charge in [-0.3, -0.25) is 0 Å². The molecule has 16 heavy (non-hydrogen) atoms. The van der Waals surface area contributed by atoms with Crippen molar-refractivity contribution in [1.82, 2.24) is 5.32 Å². The summed E-state index contributed by atoms with van der Waals surface area (Å²) in [6.07, 6.45) is 0.810. The molecule has 0 saturated carbocycles. The fourth-order valence-corrected chi connectivity index (χ4v) is 2.19. The van der Waals surface area contributed by atoms with E-state index in [2.05, 4.69) is 10.2 Å². The summed E-state index contributed by atoms with van der Waals surface area (Å²) in [4.78, 5) is 2.33. The average molecular weight is 241 g/mol. The van der Waals surface area contributed by atoms with Gasteiger partial charge in [0.1, 0.15) is 0 Å². The molecule has 4 heteroatoms. The highest BCUT2D eigenvalue weighted by atomic mass is 35.5. The zero-order valence-corrected chi connectivity index (χ0v) is 9.95. The van der Waals surface area contributed by atoms with Crippen LogP contribution in [0.3, 0.4) is 0 Å². The third kappa shape index (κ3) is 2.88. The molecule has 0 spiro atoms. The summed E-state index contributed by atoms with van der Waals surface area (Å²) in [7, 11) is 0. The molecule has 0 aliphatic carbocycles. The van der Waals surface area contributed by atoms with Gasteiger partial charge in [0, 0.05) is 43.0 Å². The first kappa shape index (κ1) is 11.7. The topological polar surface area (TPSA) is 35.5 Å². The monoisotopic (exact) mass is 240 g/mol. The molecule has 1 heterocycles. The van der Waals surface area contributed by atoms with Gasteiger partial charge in [-0.15, -0.1) is 0 Å². The highest BCUT2D eigenvalue weighted by molar-refractivity contribution is 6.30. The fraction of sp³-hybridized carbons (Fsp3) is 0.500. The number of hydrogen-bond donors (Lipinski definition) is 2. The van der Waals surface area contributed by atoms with Gasteiger partial charge in [0.15, 0.2) is 0 Å². The Morgan fingerprint density at radius 1 is 1.38 bits per heavy atom. The van der Waals surface area contributed by atoms with Gasteiger partial charge in [0.05, 0.1) is 0 Å². The Kier molecular flexibility index (Phi) is 4.04. The Balaban J connectivity index is 2.01. The third-order valence-corrected chi connectivity index (χ3v) is 3.18. The van der Waals surface area contributed by atoms with Gasteiger partial charge in [0.2, 0.25) is 0 Å². The van der Waals surface area contributed by atoms with E-state index in [1.165, 1.54) is 5.69 Å². The maximum Gasteiger partial charge on any atom is 0.0446 e. The molecule has 1 aromatic carbocycles. The minimum Gasteiger partial charge on any atom is -0.396 e. The number of benzene rings is 1. The lowest BCUT2D eigenvalue weighted by Gasteiger charge is -2.35. The number of nitrogens with one attached hydrogen (secondary N) is 1. The number of nitrogens with zero attached hydrogens (tertiary/aromatic N) is 1. The van der Waals surface area contributed by atoms with Crippen molar-refractivity contribution in [2.75, 3.05) is 31.1 Å². The number of aliphatic hydroxyl groups excluding tert-OH is 1. The summed E-state index contributed by atoms with van der Waals surface area (Å²) in [5.74, 6) is 0. The first-order valence-corrected chi connectivity index (χ1v) is 6.02. The second-order valence-electron chi connectivity index (χ2n) is 4.09. The molecule has 2 N–H and O–H groups in total. The SMILES string of the molecule is OCCC1CN(c2ccc(Cl)cc2)CCN1. The summed E-state index contributed by atoms with van der Waals surface area (Å²) in [5, 5.41) is 13.1. The lowest BCUT2D eigenvalue weighted by Crippen LogP contribution is -2.51. The van der Waals surface area contributed by atoms with Crippen LogP contribution in [-0.2, 0) is 0 Å². The average Bonchev–Trinajstić information content (AvgIpc) is 2.31. The normalized spacial score (nSPS) is 21.1. The van der Waals surface area contributed by atoms with E-state index in [-0.39, 0.29) is 6.61 Å². The zero-order chi connectivity index (χ0) is 11.4. The molecule has 1 aliphatic rings. The van der Waals surface area contributed by atoms with Crippen LogP contribution in [0, 0.1) is 0 Å². The minimum atomic E-state index is 0.242. The van der Waals surface area contributed by atoms with Crippen LogP contribution in [0.4, 0.5) is 5.69 Å². The molecule has 0 aromatic heterocycles. The van der Waals surface area contributed by atoms with Crippen LogP contribution in [0.5, 0.6) is 0 Å². The van der Waals surface area contributed by atoms with Crippen LogP contribution < -0.4 is 10.2 Å². The highest BCUT2D eigenvalue weighted by Crippen LogP contribution is 2.19. The van der Waals surface area contributed by atoms with Gasteiger partial charge >= 0.3 is 0 Å². The molecule has 2 rings (SSSR count). The Labute approximate surface area is 101 Å². The van der Waals surface area contributed by atoms with Crippen LogP contribution in [-0.4, -0.2) is 37.4 Å². The lowest BCUT2D eigenvalue weighted by atomic mass is 10.1. The number of rotatable bonds is 3. The van der Waals surface area contributed by atoms with Gasteiger partial charge in [-0.1, -0.05) is 11.6 Å². The fourth-order valence-electron chi connectivity index (χ4n) is 2.06. The molecule has 1 aromatic rings. The standard InChI is InChI=1S/C12H17ClN2O/c13-10-1-3-12(4-2-10)15-7-6-14-11(9-15)5-8-16/h1-4,11,14,16H,5-9H2. The maximum atomic E-state index is 8.94. The highest BCUT2D eigenvalue weighted by Gasteiger charge is 2.18.